The van der Waals surface area contributed by atoms with Gasteiger partial charge in [0.2, 0.25) is 0 Å². The van der Waals surface area contributed by atoms with Crippen LogP contribution in [-0.2, 0) is 4.79 Å². The summed E-state index contributed by atoms with van der Waals surface area (Å²) < 4.78 is 2.60. The summed E-state index contributed by atoms with van der Waals surface area (Å²) in [7, 11) is 0. The Morgan fingerprint density at radius 2 is 2.18 bits per heavy atom. The predicted octanol–water partition coefficient (Wildman–Crippen LogP) is 4.69. The first-order valence-electron chi connectivity index (χ1n) is 5.98. The van der Waals surface area contributed by atoms with E-state index in [9.17, 15) is 4.79 Å². The van der Waals surface area contributed by atoms with Gasteiger partial charge in [-0.2, -0.15) is 0 Å². The fraction of sp³-hybridized carbons (Fsp3) is 0.643. The molecule has 0 aromatic rings. The maximum Gasteiger partial charge on any atom is 0.160 e. The summed E-state index contributed by atoms with van der Waals surface area (Å²) in [6, 6.07) is 0. The van der Waals surface area contributed by atoms with Gasteiger partial charge in [-0.15, -0.1) is 6.58 Å². The third-order valence-corrected chi connectivity index (χ3v) is 7.62. The topological polar surface area (TPSA) is 17.1 Å². The van der Waals surface area contributed by atoms with Crippen LogP contribution in [0.5, 0.6) is 0 Å². The zero-order valence-corrected chi connectivity index (χ0v) is 14.6. The fourth-order valence-corrected chi connectivity index (χ4v) is 5.94. The van der Waals surface area contributed by atoms with Crippen molar-refractivity contribution in [3.63, 3.8) is 0 Å². The zero-order valence-electron chi connectivity index (χ0n) is 10.3. The first kappa shape index (κ1) is 14.0. The van der Waals surface area contributed by atoms with Crippen LogP contribution in [0.2, 0.25) is 0 Å². The van der Waals surface area contributed by atoms with E-state index in [1.165, 1.54) is 0 Å². The van der Waals surface area contributed by atoms with Gasteiger partial charge in [-0.1, -0.05) is 65.1 Å². The highest BCUT2D eigenvalue weighted by molar-refractivity contribution is 14.1. The van der Waals surface area contributed by atoms with Crippen LogP contribution in [0, 0.1) is 16.7 Å². The van der Waals surface area contributed by atoms with Crippen LogP contribution in [0.1, 0.15) is 33.1 Å². The molecule has 0 bridgehead atoms. The van der Waals surface area contributed by atoms with Gasteiger partial charge in [0.1, 0.15) is 0 Å². The Morgan fingerprint density at radius 1 is 1.53 bits per heavy atom. The molecule has 0 saturated heterocycles. The van der Waals surface area contributed by atoms with Gasteiger partial charge in [0.15, 0.2) is 5.78 Å². The summed E-state index contributed by atoms with van der Waals surface area (Å²) in [5.41, 5.74) is 1.46. The summed E-state index contributed by atoms with van der Waals surface area (Å²) in [6.45, 7) is 8.57. The van der Waals surface area contributed by atoms with Gasteiger partial charge in [-0.05, 0) is 28.3 Å². The number of alkyl halides is 1. The van der Waals surface area contributed by atoms with Crippen LogP contribution in [0.3, 0.4) is 0 Å². The maximum atomic E-state index is 12.1. The average Bonchev–Trinajstić information content (AvgIpc) is 2.58. The number of carbonyl (C=O) groups excluding carboxylic acids is 1. The minimum Gasteiger partial charge on any atom is -0.295 e. The van der Waals surface area contributed by atoms with E-state index in [1.54, 1.807) is 0 Å². The molecule has 2 saturated carbocycles. The van der Waals surface area contributed by atoms with Crippen LogP contribution in [0.25, 0.3) is 0 Å². The van der Waals surface area contributed by atoms with Gasteiger partial charge in [-0.25, -0.2) is 0 Å². The Labute approximate surface area is 131 Å². The molecule has 2 aliphatic carbocycles. The van der Waals surface area contributed by atoms with E-state index in [0.29, 0.717) is 21.0 Å². The summed E-state index contributed by atoms with van der Waals surface area (Å²) in [6.07, 6.45) is 4.79. The van der Waals surface area contributed by atoms with Crippen molar-refractivity contribution in [2.24, 2.45) is 16.7 Å². The molecule has 0 heterocycles. The smallest absolute Gasteiger partial charge is 0.160 e. The number of carbonyl (C=O) groups is 1. The van der Waals surface area contributed by atoms with Gasteiger partial charge < -0.3 is 0 Å². The quantitative estimate of drug-likeness (QED) is 0.255. The largest absolute Gasteiger partial charge is 0.295 e. The highest BCUT2D eigenvalue weighted by Gasteiger charge is 2.61. The van der Waals surface area contributed by atoms with Crippen molar-refractivity contribution in [1.82, 2.24) is 0 Å². The second kappa shape index (κ2) is 4.62. The molecule has 0 unspecified atom stereocenters. The normalized spacial score (nSPS) is 41.9. The van der Waals surface area contributed by atoms with Gasteiger partial charge in [0, 0.05) is 21.3 Å². The van der Waals surface area contributed by atoms with Crippen molar-refractivity contribution in [2.75, 3.05) is 0 Å². The molecule has 1 nitrogen and oxygen atoms in total. The van der Waals surface area contributed by atoms with E-state index in [2.05, 4.69) is 65.6 Å². The molecule has 3 heteroatoms. The molecular formula is C14H18I2O. The third-order valence-electron chi connectivity index (χ3n) is 4.44. The standard InChI is InChI=1S/C14H18I2O/c1-4-5-14-8-13(2,3)12(16)9(14)6-11(17)10(14)7-15/h4,7,9,12H,1,5-6,8H2,2-3H3/b10-7-/t9-,12-,14+/m0/s1. The number of Topliss-reactive ketones (excluding diaryl/α,β-unsaturated/α-hetero) is 1. The SMILES string of the molecule is C=CC[C@@]12CC(C)(C)[C@@H](I)[C@@H]1CC(=O)/C2=C/I. The second-order valence-electron chi connectivity index (χ2n) is 5.97. The second-order valence-corrected chi connectivity index (χ2v) is 7.94. The van der Waals surface area contributed by atoms with Gasteiger partial charge in [-0.3, -0.25) is 4.79 Å². The molecule has 3 atom stereocenters. The molecule has 0 N–H and O–H groups in total. The maximum absolute atomic E-state index is 12.1. The molecule has 2 rings (SSSR count). The summed E-state index contributed by atoms with van der Waals surface area (Å²) >= 11 is 4.79. The highest BCUT2D eigenvalue weighted by atomic mass is 127. The predicted molar refractivity (Wildman–Crippen MR) is 88.7 cm³/mol. The Kier molecular flexibility index (Phi) is 3.81. The lowest BCUT2D eigenvalue weighted by Gasteiger charge is -2.30. The van der Waals surface area contributed by atoms with Crippen LogP contribution >= 0.6 is 45.2 Å². The molecule has 0 aromatic heterocycles. The molecule has 0 spiro atoms. The van der Waals surface area contributed by atoms with E-state index in [1.807, 2.05) is 10.2 Å². The lowest BCUT2D eigenvalue weighted by Crippen LogP contribution is -2.24. The third kappa shape index (κ3) is 1.95. The van der Waals surface area contributed by atoms with E-state index in [-0.39, 0.29) is 5.41 Å². The van der Waals surface area contributed by atoms with E-state index in [4.69, 9.17) is 0 Å². The van der Waals surface area contributed by atoms with Crippen LogP contribution < -0.4 is 0 Å². The van der Waals surface area contributed by atoms with Crippen molar-refractivity contribution < 1.29 is 4.79 Å². The molecule has 0 radical (unpaired) electrons. The molecule has 17 heavy (non-hydrogen) atoms. The van der Waals surface area contributed by atoms with Crippen LogP contribution in [0.4, 0.5) is 0 Å². The Hall–Kier alpha value is 0.610. The molecule has 94 valence electrons. The number of allylic oxidation sites excluding steroid dienone is 2. The van der Waals surface area contributed by atoms with Crippen molar-refractivity contribution in [3.05, 3.63) is 22.3 Å². The van der Waals surface area contributed by atoms with Crippen molar-refractivity contribution in [1.29, 1.82) is 0 Å². The Bertz CT molecular complexity index is 397. The number of halogens is 2. The minimum atomic E-state index is 0.0788. The molecule has 0 amide bonds. The van der Waals surface area contributed by atoms with Gasteiger partial charge in [0.25, 0.3) is 0 Å². The van der Waals surface area contributed by atoms with Crippen molar-refractivity contribution >= 4 is 51.0 Å². The number of ketones is 1. The van der Waals surface area contributed by atoms with Crippen LogP contribution in [-0.4, -0.2) is 9.71 Å². The summed E-state index contributed by atoms with van der Waals surface area (Å²) in [5, 5.41) is 0. The first-order valence-corrected chi connectivity index (χ1v) is 8.47. The highest BCUT2D eigenvalue weighted by Crippen LogP contribution is 2.65. The number of fused-ring (bicyclic) bond motifs is 1. The van der Waals surface area contributed by atoms with Crippen molar-refractivity contribution in [3.8, 4) is 0 Å². The molecular weight excluding hydrogens is 438 g/mol. The lowest BCUT2D eigenvalue weighted by atomic mass is 9.73. The van der Waals surface area contributed by atoms with E-state index in [0.717, 1.165) is 24.8 Å². The van der Waals surface area contributed by atoms with E-state index < -0.39 is 0 Å². The number of rotatable bonds is 2. The average molecular weight is 456 g/mol. The van der Waals surface area contributed by atoms with Gasteiger partial charge in [0.05, 0.1) is 0 Å². The zero-order chi connectivity index (χ0) is 12.8. The van der Waals surface area contributed by atoms with E-state index >= 15 is 0 Å². The fourth-order valence-electron chi connectivity index (χ4n) is 3.81. The Morgan fingerprint density at radius 3 is 2.71 bits per heavy atom. The van der Waals surface area contributed by atoms with Crippen molar-refractivity contribution in [2.45, 2.75) is 37.0 Å². The van der Waals surface area contributed by atoms with Crippen LogP contribution in [0.15, 0.2) is 22.3 Å². The molecule has 0 aromatic carbocycles. The lowest BCUT2D eigenvalue weighted by molar-refractivity contribution is -0.115. The summed E-state index contributed by atoms with van der Waals surface area (Å²) in [5.74, 6) is 0.869. The summed E-state index contributed by atoms with van der Waals surface area (Å²) in [4.78, 5) is 12.1. The van der Waals surface area contributed by atoms with Gasteiger partial charge >= 0.3 is 0 Å². The molecule has 2 aliphatic rings. The molecule has 0 aliphatic heterocycles. The molecule has 2 fully saturated rings. The first-order chi connectivity index (χ1) is 7.89. The monoisotopic (exact) mass is 456 g/mol. The Balaban J connectivity index is 2.51. The minimum absolute atomic E-state index is 0.0788. The number of hydrogen-bond donors (Lipinski definition) is 0. The number of hydrogen-bond acceptors (Lipinski definition) is 1.